The number of pyridine rings is 1. The molecule has 10 heteroatoms. The van der Waals surface area contributed by atoms with Crippen LogP contribution in [-0.4, -0.2) is 30.7 Å². The Kier molecular flexibility index (Phi) is 4.91. The molecule has 0 radical (unpaired) electrons. The smallest absolute Gasteiger partial charge is 0.259 e. The second kappa shape index (κ2) is 7.29. The SMILES string of the molecule is Cc1ccc(-c2cc(C(=O)Nc3cc(S(C)(=O)=O)ccc3F)c3c(C)noc3n2)s1. The van der Waals surface area contributed by atoms with Crippen LogP contribution in [0.15, 0.2) is 45.8 Å². The van der Waals surface area contributed by atoms with Gasteiger partial charge in [0, 0.05) is 11.1 Å². The fourth-order valence-corrected chi connectivity index (χ4v) is 4.47. The van der Waals surface area contributed by atoms with Gasteiger partial charge in [-0.15, -0.1) is 11.3 Å². The van der Waals surface area contributed by atoms with Crippen LogP contribution in [0.25, 0.3) is 21.7 Å². The van der Waals surface area contributed by atoms with E-state index in [1.54, 1.807) is 13.0 Å². The average molecular weight is 445 g/mol. The Hall–Kier alpha value is -3.11. The van der Waals surface area contributed by atoms with Gasteiger partial charge in [-0.25, -0.2) is 17.8 Å². The maximum atomic E-state index is 14.3. The summed E-state index contributed by atoms with van der Waals surface area (Å²) in [6.45, 7) is 3.63. The fourth-order valence-electron chi connectivity index (χ4n) is 2.99. The molecule has 4 aromatic rings. The van der Waals surface area contributed by atoms with Gasteiger partial charge in [0.25, 0.3) is 11.6 Å². The third-order valence-corrected chi connectivity index (χ3v) is 6.60. The molecular formula is C20H16FN3O4S2. The number of aryl methyl sites for hydroxylation is 2. The van der Waals surface area contributed by atoms with E-state index in [1.165, 1.54) is 11.3 Å². The van der Waals surface area contributed by atoms with Gasteiger partial charge in [-0.1, -0.05) is 5.16 Å². The van der Waals surface area contributed by atoms with Crippen molar-refractivity contribution in [3.8, 4) is 10.6 Å². The van der Waals surface area contributed by atoms with Crippen LogP contribution in [0.1, 0.15) is 20.9 Å². The third-order valence-electron chi connectivity index (χ3n) is 4.47. The van der Waals surface area contributed by atoms with Crippen molar-refractivity contribution in [1.29, 1.82) is 0 Å². The van der Waals surface area contributed by atoms with Crippen LogP contribution in [-0.2, 0) is 9.84 Å². The van der Waals surface area contributed by atoms with E-state index >= 15 is 0 Å². The van der Waals surface area contributed by atoms with Crippen LogP contribution in [0.3, 0.4) is 0 Å². The highest BCUT2D eigenvalue weighted by atomic mass is 32.2. The van der Waals surface area contributed by atoms with Gasteiger partial charge in [-0.05, 0) is 50.2 Å². The Bertz CT molecular complexity index is 1410. The van der Waals surface area contributed by atoms with Gasteiger partial charge < -0.3 is 9.84 Å². The van der Waals surface area contributed by atoms with Crippen LogP contribution in [0.2, 0.25) is 0 Å². The van der Waals surface area contributed by atoms with E-state index in [4.69, 9.17) is 4.52 Å². The highest BCUT2D eigenvalue weighted by Crippen LogP contribution is 2.31. The lowest BCUT2D eigenvalue weighted by molar-refractivity contribution is 0.102. The Morgan fingerprint density at radius 1 is 1.17 bits per heavy atom. The largest absolute Gasteiger partial charge is 0.335 e. The minimum absolute atomic E-state index is 0.102. The quantitative estimate of drug-likeness (QED) is 0.468. The number of nitrogens with one attached hydrogen (secondary N) is 1. The van der Waals surface area contributed by atoms with E-state index in [-0.39, 0.29) is 21.9 Å². The third kappa shape index (κ3) is 3.71. The molecule has 30 heavy (non-hydrogen) atoms. The lowest BCUT2D eigenvalue weighted by Crippen LogP contribution is -2.14. The molecule has 0 aliphatic heterocycles. The standard InChI is InChI=1S/C20H16FN3O4S2/c1-10-4-7-17(29-10)16-9-13(18-11(2)24-28-20(18)23-16)19(25)22-15-8-12(30(3,26)27)5-6-14(15)21/h4-9H,1-3H3,(H,22,25). The summed E-state index contributed by atoms with van der Waals surface area (Å²) in [5, 5.41) is 6.75. The number of benzene rings is 1. The van der Waals surface area contributed by atoms with Gasteiger partial charge in [-0.3, -0.25) is 4.79 Å². The summed E-state index contributed by atoms with van der Waals surface area (Å²) in [7, 11) is -3.57. The Balaban J connectivity index is 1.81. The molecule has 3 aromatic heterocycles. The molecule has 3 heterocycles. The van der Waals surface area contributed by atoms with Crippen molar-refractivity contribution in [2.75, 3.05) is 11.6 Å². The Labute approximate surface area is 175 Å². The number of aromatic nitrogens is 2. The number of carbonyl (C=O) groups excluding carboxylic acids is 1. The lowest BCUT2D eigenvalue weighted by Gasteiger charge is -2.10. The second-order valence-corrected chi connectivity index (χ2v) is 10.1. The van der Waals surface area contributed by atoms with Crippen molar-refractivity contribution >= 4 is 43.9 Å². The van der Waals surface area contributed by atoms with Gasteiger partial charge >= 0.3 is 0 Å². The van der Waals surface area contributed by atoms with E-state index in [2.05, 4.69) is 15.5 Å². The topological polar surface area (TPSA) is 102 Å². The minimum atomic E-state index is -3.57. The fraction of sp³-hybridized carbons (Fsp3) is 0.150. The van der Waals surface area contributed by atoms with E-state index in [0.717, 1.165) is 34.2 Å². The van der Waals surface area contributed by atoms with Gasteiger partial charge in [0.05, 0.1) is 37.8 Å². The van der Waals surface area contributed by atoms with Crippen molar-refractivity contribution in [2.45, 2.75) is 18.7 Å². The maximum absolute atomic E-state index is 14.3. The zero-order valence-corrected chi connectivity index (χ0v) is 17.8. The number of fused-ring (bicyclic) bond motifs is 1. The van der Waals surface area contributed by atoms with Crippen molar-refractivity contribution in [1.82, 2.24) is 10.1 Å². The van der Waals surface area contributed by atoms with Crippen molar-refractivity contribution in [2.24, 2.45) is 0 Å². The van der Waals surface area contributed by atoms with E-state index in [9.17, 15) is 17.6 Å². The number of nitrogens with zero attached hydrogens (tertiary/aromatic N) is 2. The molecule has 0 bridgehead atoms. The van der Waals surface area contributed by atoms with Gasteiger partial charge in [0.1, 0.15) is 5.82 Å². The van der Waals surface area contributed by atoms with Crippen LogP contribution >= 0.6 is 11.3 Å². The number of hydrogen-bond acceptors (Lipinski definition) is 7. The molecule has 154 valence electrons. The predicted octanol–water partition coefficient (Wildman–Crippen LogP) is 4.36. The summed E-state index contributed by atoms with van der Waals surface area (Å²) in [6.07, 6.45) is 1.01. The molecule has 0 aliphatic carbocycles. The number of amides is 1. The van der Waals surface area contributed by atoms with E-state index < -0.39 is 21.6 Å². The van der Waals surface area contributed by atoms with Crippen molar-refractivity contribution in [3.63, 3.8) is 0 Å². The number of carbonyl (C=O) groups is 1. The summed E-state index contributed by atoms with van der Waals surface area (Å²) in [5.41, 5.74) is 1.13. The number of sulfone groups is 1. The first-order valence-electron chi connectivity index (χ1n) is 8.78. The number of hydrogen-bond donors (Lipinski definition) is 1. The average Bonchev–Trinajstić information content (AvgIpc) is 3.28. The molecule has 1 amide bonds. The molecule has 7 nitrogen and oxygen atoms in total. The number of rotatable bonds is 4. The van der Waals surface area contributed by atoms with Gasteiger partial charge in [0.2, 0.25) is 0 Å². The molecule has 1 N–H and O–H groups in total. The zero-order chi connectivity index (χ0) is 21.6. The summed E-state index contributed by atoms with van der Waals surface area (Å²) in [6, 6.07) is 8.64. The molecule has 4 rings (SSSR count). The Morgan fingerprint density at radius 2 is 1.93 bits per heavy atom. The predicted molar refractivity (Wildman–Crippen MR) is 112 cm³/mol. The first-order valence-corrected chi connectivity index (χ1v) is 11.5. The molecule has 1 aromatic carbocycles. The normalized spacial score (nSPS) is 11.7. The summed E-state index contributed by atoms with van der Waals surface area (Å²) in [5.74, 6) is -1.38. The van der Waals surface area contributed by atoms with E-state index in [1.807, 2.05) is 19.1 Å². The molecular weight excluding hydrogens is 429 g/mol. The molecule has 0 spiro atoms. The molecule has 0 saturated carbocycles. The highest BCUT2D eigenvalue weighted by Gasteiger charge is 2.21. The van der Waals surface area contributed by atoms with Crippen LogP contribution in [0.5, 0.6) is 0 Å². The molecule has 0 unspecified atom stereocenters. The highest BCUT2D eigenvalue weighted by molar-refractivity contribution is 7.90. The van der Waals surface area contributed by atoms with Crippen molar-refractivity contribution < 1.29 is 22.1 Å². The molecule has 0 saturated heterocycles. The van der Waals surface area contributed by atoms with E-state index in [0.29, 0.717) is 16.8 Å². The van der Waals surface area contributed by atoms with Gasteiger partial charge in [-0.2, -0.15) is 0 Å². The maximum Gasteiger partial charge on any atom is 0.259 e. The summed E-state index contributed by atoms with van der Waals surface area (Å²) >= 11 is 1.50. The molecule has 0 fully saturated rings. The van der Waals surface area contributed by atoms with Crippen molar-refractivity contribution in [3.05, 3.63) is 58.3 Å². The van der Waals surface area contributed by atoms with Gasteiger partial charge in [0.15, 0.2) is 9.84 Å². The minimum Gasteiger partial charge on any atom is -0.335 e. The first kappa shape index (κ1) is 20.2. The second-order valence-electron chi connectivity index (χ2n) is 6.78. The summed E-state index contributed by atoms with van der Waals surface area (Å²) in [4.78, 5) is 19.3. The molecule has 0 aliphatic rings. The molecule has 0 atom stereocenters. The monoisotopic (exact) mass is 445 g/mol. The Morgan fingerprint density at radius 3 is 2.60 bits per heavy atom. The number of anilines is 1. The number of halogens is 1. The van der Waals surface area contributed by atoms with Crippen LogP contribution in [0, 0.1) is 19.7 Å². The van der Waals surface area contributed by atoms with Crippen LogP contribution < -0.4 is 5.32 Å². The first-order chi connectivity index (χ1) is 14.1. The zero-order valence-electron chi connectivity index (χ0n) is 16.2. The lowest BCUT2D eigenvalue weighted by atomic mass is 10.1. The number of thiophene rings is 1. The summed E-state index contributed by atoms with van der Waals surface area (Å²) < 4.78 is 43.1. The van der Waals surface area contributed by atoms with Crippen LogP contribution in [0.4, 0.5) is 10.1 Å².